The average molecular weight is 584 g/mol. The number of ether oxygens (including phenoxy) is 1. The molecule has 0 radical (unpaired) electrons. The summed E-state index contributed by atoms with van der Waals surface area (Å²) in [6, 6.07) is 13.4. The van der Waals surface area contributed by atoms with Crippen LogP contribution in [0, 0.1) is 17.1 Å². The first kappa shape index (κ1) is 27.9. The Kier molecular flexibility index (Phi) is 7.76. The van der Waals surface area contributed by atoms with Crippen LogP contribution in [0.2, 0.25) is 0 Å². The van der Waals surface area contributed by atoms with E-state index in [-0.39, 0.29) is 17.9 Å². The highest BCUT2D eigenvalue weighted by molar-refractivity contribution is 5.86. The topological polar surface area (TPSA) is 130 Å². The summed E-state index contributed by atoms with van der Waals surface area (Å²) in [4.78, 5) is 25.0. The number of carbonyl (C=O) groups is 1. The Morgan fingerprint density at radius 2 is 1.95 bits per heavy atom. The molecule has 1 N–H and O–H groups in total. The normalized spacial score (nSPS) is 13.8. The van der Waals surface area contributed by atoms with Crippen molar-refractivity contribution in [2.75, 3.05) is 31.1 Å². The van der Waals surface area contributed by atoms with Crippen LogP contribution in [0.1, 0.15) is 39.9 Å². The zero-order valence-corrected chi connectivity index (χ0v) is 23.6. The number of benzene rings is 1. The zero-order valence-electron chi connectivity index (χ0n) is 23.6. The monoisotopic (exact) mass is 583 g/mol. The zero-order chi connectivity index (χ0) is 29.9. The van der Waals surface area contributed by atoms with Gasteiger partial charge in [-0.15, -0.1) is 0 Å². The Bertz CT molecular complexity index is 1810. The minimum atomic E-state index is -1.06. The third-order valence-corrected chi connectivity index (χ3v) is 7.64. The SMILES string of the molecule is CCn1cncc1Cn1c(CN2CCN(c3cccc(OCc4ccc(C#N)cc4F)n3)CC2)cn2nc(C(=O)O)cc12. The van der Waals surface area contributed by atoms with E-state index in [9.17, 15) is 14.3 Å². The molecule has 0 amide bonds. The number of aromatic nitrogens is 6. The smallest absolute Gasteiger partial charge is 0.356 e. The highest BCUT2D eigenvalue weighted by atomic mass is 19.1. The fourth-order valence-corrected chi connectivity index (χ4v) is 5.29. The van der Waals surface area contributed by atoms with Gasteiger partial charge in [-0.3, -0.25) is 4.90 Å². The maximum Gasteiger partial charge on any atom is 0.356 e. The molecule has 4 aromatic heterocycles. The lowest BCUT2D eigenvalue weighted by Crippen LogP contribution is -2.46. The predicted molar refractivity (Wildman–Crippen MR) is 154 cm³/mol. The van der Waals surface area contributed by atoms with Crippen LogP contribution in [0.3, 0.4) is 0 Å². The van der Waals surface area contributed by atoms with Crippen molar-refractivity contribution in [1.82, 2.24) is 33.6 Å². The van der Waals surface area contributed by atoms with Crippen molar-refractivity contribution < 1.29 is 19.0 Å². The van der Waals surface area contributed by atoms with Crippen LogP contribution in [0.4, 0.5) is 10.2 Å². The fraction of sp³-hybridized carbons (Fsp3) is 0.300. The van der Waals surface area contributed by atoms with Crippen LogP contribution in [-0.4, -0.2) is 70.9 Å². The number of imidazole rings is 2. The molecule has 1 fully saturated rings. The maximum atomic E-state index is 14.2. The summed E-state index contributed by atoms with van der Waals surface area (Å²) in [7, 11) is 0. The average Bonchev–Trinajstić information content (AvgIpc) is 3.73. The van der Waals surface area contributed by atoms with Gasteiger partial charge in [0.25, 0.3) is 0 Å². The number of aryl methyl sites for hydroxylation is 1. The van der Waals surface area contributed by atoms with E-state index in [1.807, 2.05) is 30.6 Å². The number of pyridine rings is 1. The third kappa shape index (κ3) is 5.91. The number of carboxylic acid groups (broad SMARTS) is 1. The molecule has 5 heterocycles. The summed E-state index contributed by atoms with van der Waals surface area (Å²) >= 11 is 0. The summed E-state index contributed by atoms with van der Waals surface area (Å²) in [6.45, 7) is 7.18. The van der Waals surface area contributed by atoms with Crippen LogP contribution in [0.5, 0.6) is 5.88 Å². The molecular formula is C30H30FN9O3. The van der Waals surface area contributed by atoms with Gasteiger partial charge in [0.05, 0.1) is 42.1 Å². The van der Waals surface area contributed by atoms with Gasteiger partial charge >= 0.3 is 5.97 Å². The second-order valence-corrected chi connectivity index (χ2v) is 10.3. The lowest BCUT2D eigenvalue weighted by molar-refractivity contribution is 0.0690. The van der Waals surface area contributed by atoms with Crippen molar-refractivity contribution in [3.8, 4) is 11.9 Å². The van der Waals surface area contributed by atoms with Crippen LogP contribution in [-0.2, 0) is 26.2 Å². The van der Waals surface area contributed by atoms with E-state index in [1.165, 1.54) is 6.07 Å². The number of piperazine rings is 1. The first-order valence-corrected chi connectivity index (χ1v) is 14.0. The highest BCUT2D eigenvalue weighted by Gasteiger charge is 2.22. The first-order chi connectivity index (χ1) is 20.9. The fourth-order valence-electron chi connectivity index (χ4n) is 5.29. The number of nitriles is 1. The van der Waals surface area contributed by atoms with Gasteiger partial charge in [0.1, 0.15) is 23.9 Å². The Morgan fingerprint density at radius 1 is 1.12 bits per heavy atom. The van der Waals surface area contributed by atoms with Gasteiger partial charge in [-0.1, -0.05) is 12.1 Å². The minimum absolute atomic E-state index is 0.00802. The Hall–Kier alpha value is -5.22. The molecule has 5 aromatic rings. The molecule has 13 heteroatoms. The second kappa shape index (κ2) is 11.9. The van der Waals surface area contributed by atoms with Crippen LogP contribution < -0.4 is 9.64 Å². The number of hydrogen-bond donors (Lipinski definition) is 1. The third-order valence-electron chi connectivity index (χ3n) is 7.64. The van der Waals surface area contributed by atoms with Crippen LogP contribution >= 0.6 is 0 Å². The minimum Gasteiger partial charge on any atom is -0.476 e. The molecule has 0 bridgehead atoms. The number of aromatic carboxylic acids is 1. The summed E-state index contributed by atoms with van der Waals surface area (Å²) < 4.78 is 25.8. The molecule has 1 aromatic carbocycles. The maximum absolute atomic E-state index is 14.2. The number of rotatable bonds is 10. The number of anilines is 1. The number of carboxylic acids is 1. The summed E-state index contributed by atoms with van der Waals surface area (Å²) in [6.07, 6.45) is 5.54. The van der Waals surface area contributed by atoms with E-state index in [4.69, 9.17) is 10.00 Å². The van der Waals surface area contributed by atoms with Crippen LogP contribution in [0.15, 0.2) is 61.2 Å². The number of hydrogen-bond acceptors (Lipinski definition) is 8. The standard InChI is InChI=1S/C30H30FN9O3/c1-2-37-20-33-15-23(37)17-39-24(18-40-29(39)13-26(35-40)30(41)42)16-36-8-10-38(11-9-36)27-4-3-5-28(34-27)43-19-22-7-6-21(14-32)12-25(22)31/h3-7,12-13,15,18,20H,2,8-11,16-17,19H2,1H3,(H,41,42). The number of halogens is 1. The lowest BCUT2D eigenvalue weighted by Gasteiger charge is -2.35. The summed E-state index contributed by atoms with van der Waals surface area (Å²) in [5, 5.41) is 22.7. The van der Waals surface area contributed by atoms with Crippen molar-refractivity contribution in [3.05, 3.63) is 95.2 Å². The Balaban J connectivity index is 1.12. The largest absolute Gasteiger partial charge is 0.476 e. The summed E-state index contributed by atoms with van der Waals surface area (Å²) in [5.74, 6) is -0.356. The molecule has 0 aliphatic carbocycles. The van der Waals surface area contributed by atoms with E-state index >= 15 is 0 Å². The number of fused-ring (bicyclic) bond motifs is 1. The van der Waals surface area contributed by atoms with Gasteiger partial charge in [-0.25, -0.2) is 18.7 Å². The second-order valence-electron chi connectivity index (χ2n) is 10.3. The summed E-state index contributed by atoms with van der Waals surface area (Å²) in [5.41, 5.74) is 3.40. The van der Waals surface area contributed by atoms with E-state index in [1.54, 1.807) is 35.1 Å². The molecule has 1 aliphatic rings. The van der Waals surface area contributed by atoms with Crippen molar-refractivity contribution in [2.45, 2.75) is 33.2 Å². The molecular weight excluding hydrogens is 553 g/mol. The molecule has 0 spiro atoms. The lowest BCUT2D eigenvalue weighted by atomic mass is 10.1. The van der Waals surface area contributed by atoms with Crippen molar-refractivity contribution >= 4 is 17.4 Å². The molecule has 1 saturated heterocycles. The first-order valence-electron chi connectivity index (χ1n) is 14.0. The van der Waals surface area contributed by atoms with Crippen LogP contribution in [0.25, 0.3) is 5.65 Å². The van der Waals surface area contributed by atoms with Gasteiger partial charge in [0.2, 0.25) is 5.88 Å². The predicted octanol–water partition coefficient (Wildman–Crippen LogP) is 3.41. The molecule has 6 rings (SSSR count). The van der Waals surface area contributed by atoms with E-state index in [2.05, 4.69) is 40.9 Å². The van der Waals surface area contributed by atoms with Gasteiger partial charge in [0, 0.05) is 63.2 Å². The van der Waals surface area contributed by atoms with Gasteiger partial charge < -0.3 is 23.9 Å². The molecule has 1 aliphatic heterocycles. The van der Waals surface area contributed by atoms with E-state index in [0.29, 0.717) is 24.5 Å². The Morgan fingerprint density at radius 3 is 2.70 bits per heavy atom. The van der Waals surface area contributed by atoms with Gasteiger partial charge in [0.15, 0.2) is 5.69 Å². The molecule has 12 nitrogen and oxygen atoms in total. The molecule has 43 heavy (non-hydrogen) atoms. The molecule has 220 valence electrons. The van der Waals surface area contributed by atoms with Crippen molar-refractivity contribution in [1.29, 1.82) is 5.26 Å². The van der Waals surface area contributed by atoms with Crippen molar-refractivity contribution in [2.24, 2.45) is 0 Å². The Labute approximate surface area is 246 Å². The number of nitrogens with zero attached hydrogens (tertiary/aromatic N) is 9. The molecule has 0 saturated carbocycles. The van der Waals surface area contributed by atoms with Gasteiger partial charge in [-0.05, 0) is 25.1 Å². The quantitative estimate of drug-likeness (QED) is 0.263. The van der Waals surface area contributed by atoms with Crippen molar-refractivity contribution in [3.63, 3.8) is 0 Å². The molecule has 0 unspecified atom stereocenters. The van der Waals surface area contributed by atoms with Gasteiger partial charge in [-0.2, -0.15) is 15.3 Å². The highest BCUT2D eigenvalue weighted by Crippen LogP contribution is 2.22. The molecule has 0 atom stereocenters. The van der Waals surface area contributed by atoms with E-state index < -0.39 is 11.8 Å². The van der Waals surface area contributed by atoms with E-state index in [0.717, 1.165) is 55.6 Å².